The average molecular weight is 367 g/mol. The molecule has 0 atom stereocenters. The van der Waals surface area contributed by atoms with Crippen LogP contribution in [0.25, 0.3) is 6.08 Å². The maximum absolute atomic E-state index is 12.4. The summed E-state index contributed by atoms with van der Waals surface area (Å²) in [6.45, 7) is 0. The minimum atomic E-state index is -0.629. The van der Waals surface area contributed by atoms with Gasteiger partial charge in [0.05, 0.1) is 11.8 Å². The van der Waals surface area contributed by atoms with Gasteiger partial charge in [0.25, 0.3) is 0 Å². The van der Waals surface area contributed by atoms with Crippen LogP contribution in [0.5, 0.6) is 11.5 Å². The van der Waals surface area contributed by atoms with Gasteiger partial charge in [0, 0.05) is 11.1 Å². The number of halogens is 1. The maximum atomic E-state index is 12.4. The molecule has 0 aliphatic carbocycles. The number of furan rings is 1. The number of esters is 1. The summed E-state index contributed by atoms with van der Waals surface area (Å²) < 4.78 is 15.8. The van der Waals surface area contributed by atoms with E-state index in [1.54, 1.807) is 42.5 Å². The van der Waals surface area contributed by atoms with Crippen molar-refractivity contribution in [3.05, 3.63) is 88.5 Å². The molecule has 0 fully saturated rings. The number of benzene rings is 2. The van der Waals surface area contributed by atoms with Crippen molar-refractivity contribution < 1.29 is 23.5 Å². The van der Waals surface area contributed by atoms with Crippen LogP contribution < -0.4 is 9.47 Å². The number of allylic oxidation sites excluding steroid dienone is 1. The molecular weight excluding hydrogens is 356 g/mol. The van der Waals surface area contributed by atoms with Gasteiger partial charge >= 0.3 is 5.97 Å². The predicted molar refractivity (Wildman–Crippen MR) is 94.5 cm³/mol. The minimum Gasteiger partial charge on any atom is -0.457 e. The molecule has 3 aromatic rings. The van der Waals surface area contributed by atoms with E-state index < -0.39 is 5.97 Å². The molecule has 0 unspecified atom stereocenters. The van der Waals surface area contributed by atoms with E-state index in [1.165, 1.54) is 24.5 Å². The Kier molecular flexibility index (Phi) is 4.07. The monoisotopic (exact) mass is 366 g/mol. The molecular formula is C20H11ClO5. The van der Waals surface area contributed by atoms with Crippen molar-refractivity contribution in [1.82, 2.24) is 0 Å². The summed E-state index contributed by atoms with van der Waals surface area (Å²) in [5.41, 5.74) is 1.19. The standard InChI is InChI=1S/C20H11ClO5/c21-13-5-3-12(4-6-13)10-18-19(22)15-8-7-14(11-17(15)26-18)25-20(23)16-2-1-9-24-16/h1-11H. The molecule has 0 bridgehead atoms. The molecule has 6 heteroatoms. The molecule has 0 radical (unpaired) electrons. The molecule has 5 nitrogen and oxygen atoms in total. The summed E-state index contributed by atoms with van der Waals surface area (Å²) >= 11 is 5.86. The Morgan fingerprint density at radius 3 is 2.62 bits per heavy atom. The second-order valence-electron chi connectivity index (χ2n) is 5.52. The summed E-state index contributed by atoms with van der Waals surface area (Å²) in [5.74, 6) is 0.00312. The zero-order valence-electron chi connectivity index (χ0n) is 13.3. The van der Waals surface area contributed by atoms with E-state index in [9.17, 15) is 9.59 Å². The fraction of sp³-hybridized carbons (Fsp3) is 0. The molecule has 1 aliphatic rings. The van der Waals surface area contributed by atoms with Gasteiger partial charge < -0.3 is 13.9 Å². The topological polar surface area (TPSA) is 65.7 Å². The van der Waals surface area contributed by atoms with Crippen LogP contribution in [-0.4, -0.2) is 11.8 Å². The van der Waals surface area contributed by atoms with E-state index in [2.05, 4.69) is 0 Å². The van der Waals surface area contributed by atoms with Crippen LogP contribution in [0.1, 0.15) is 26.5 Å². The van der Waals surface area contributed by atoms with Crippen molar-refractivity contribution in [2.45, 2.75) is 0 Å². The van der Waals surface area contributed by atoms with Crippen LogP contribution in [0, 0.1) is 0 Å². The smallest absolute Gasteiger partial charge is 0.379 e. The number of carbonyl (C=O) groups is 2. The van der Waals surface area contributed by atoms with Gasteiger partial charge in [-0.1, -0.05) is 23.7 Å². The lowest BCUT2D eigenvalue weighted by atomic mass is 10.1. The van der Waals surface area contributed by atoms with E-state index in [1.807, 2.05) is 0 Å². The Morgan fingerprint density at radius 1 is 1.08 bits per heavy atom. The van der Waals surface area contributed by atoms with Gasteiger partial charge in [-0.15, -0.1) is 0 Å². The van der Waals surface area contributed by atoms with Crippen LogP contribution in [0.2, 0.25) is 5.02 Å². The van der Waals surface area contributed by atoms with E-state index in [-0.39, 0.29) is 23.1 Å². The van der Waals surface area contributed by atoms with Gasteiger partial charge in [-0.05, 0) is 48.0 Å². The summed E-state index contributed by atoms with van der Waals surface area (Å²) in [4.78, 5) is 24.4. The van der Waals surface area contributed by atoms with Crippen molar-refractivity contribution >= 4 is 29.4 Å². The highest BCUT2D eigenvalue weighted by Crippen LogP contribution is 2.35. The lowest BCUT2D eigenvalue weighted by molar-refractivity contribution is 0.0701. The summed E-state index contributed by atoms with van der Waals surface area (Å²) in [6, 6.07) is 14.7. The number of Topliss-reactive ketones (excluding diaryl/α,β-unsaturated/α-hetero) is 1. The minimum absolute atomic E-state index is 0.0887. The van der Waals surface area contributed by atoms with Gasteiger partial charge in [0.1, 0.15) is 11.5 Å². The van der Waals surface area contributed by atoms with Crippen LogP contribution in [0.3, 0.4) is 0 Å². The fourth-order valence-corrected chi connectivity index (χ4v) is 2.62. The number of carbonyl (C=O) groups excluding carboxylic acids is 2. The normalized spacial score (nSPS) is 14.2. The van der Waals surface area contributed by atoms with E-state index in [0.29, 0.717) is 16.3 Å². The van der Waals surface area contributed by atoms with Gasteiger partial charge in [-0.3, -0.25) is 4.79 Å². The average Bonchev–Trinajstić information content (AvgIpc) is 3.26. The van der Waals surface area contributed by atoms with Crippen LogP contribution in [0.15, 0.2) is 71.0 Å². The SMILES string of the molecule is O=C(Oc1ccc2c(c1)OC(=Cc1ccc(Cl)cc1)C2=O)c1ccco1. The Labute approximate surface area is 153 Å². The molecule has 0 N–H and O–H groups in total. The second kappa shape index (κ2) is 6.54. The third-order valence-electron chi connectivity index (χ3n) is 3.74. The maximum Gasteiger partial charge on any atom is 0.379 e. The first kappa shape index (κ1) is 16.2. The highest BCUT2D eigenvalue weighted by Gasteiger charge is 2.28. The van der Waals surface area contributed by atoms with Crippen LogP contribution >= 0.6 is 11.6 Å². The molecule has 2 heterocycles. The molecule has 2 aromatic carbocycles. The van der Waals surface area contributed by atoms with Gasteiger partial charge in [0.15, 0.2) is 5.76 Å². The molecule has 1 aliphatic heterocycles. The van der Waals surface area contributed by atoms with Crippen molar-refractivity contribution in [3.63, 3.8) is 0 Å². The van der Waals surface area contributed by atoms with E-state index in [0.717, 1.165) is 5.56 Å². The van der Waals surface area contributed by atoms with Gasteiger partial charge in [-0.25, -0.2) is 4.79 Å². The zero-order chi connectivity index (χ0) is 18.1. The second-order valence-corrected chi connectivity index (χ2v) is 5.95. The lowest BCUT2D eigenvalue weighted by Gasteiger charge is -2.04. The first-order chi connectivity index (χ1) is 12.6. The number of ether oxygens (including phenoxy) is 2. The molecule has 0 saturated carbocycles. The third-order valence-corrected chi connectivity index (χ3v) is 3.99. The number of rotatable bonds is 3. The highest BCUT2D eigenvalue weighted by molar-refractivity contribution is 6.30. The third kappa shape index (κ3) is 3.12. The van der Waals surface area contributed by atoms with Crippen molar-refractivity contribution in [2.75, 3.05) is 0 Å². The number of hydrogen-bond donors (Lipinski definition) is 0. The summed E-state index contributed by atoms with van der Waals surface area (Å²) in [6.07, 6.45) is 3.02. The Hall–Kier alpha value is -3.31. The molecule has 0 spiro atoms. The molecule has 0 saturated heterocycles. The first-order valence-electron chi connectivity index (χ1n) is 7.70. The molecule has 26 heavy (non-hydrogen) atoms. The Balaban J connectivity index is 1.56. The van der Waals surface area contributed by atoms with E-state index in [4.69, 9.17) is 25.5 Å². The number of ketones is 1. The summed E-state index contributed by atoms with van der Waals surface area (Å²) in [7, 11) is 0. The Bertz CT molecular complexity index is 1020. The number of hydrogen-bond acceptors (Lipinski definition) is 5. The van der Waals surface area contributed by atoms with E-state index >= 15 is 0 Å². The zero-order valence-corrected chi connectivity index (χ0v) is 14.0. The van der Waals surface area contributed by atoms with Crippen molar-refractivity contribution in [1.29, 1.82) is 0 Å². The number of fused-ring (bicyclic) bond motifs is 1. The van der Waals surface area contributed by atoms with Crippen molar-refractivity contribution in [2.24, 2.45) is 0 Å². The van der Waals surface area contributed by atoms with Crippen LogP contribution in [0.4, 0.5) is 0 Å². The molecule has 4 rings (SSSR count). The lowest BCUT2D eigenvalue weighted by Crippen LogP contribution is -2.07. The first-order valence-corrected chi connectivity index (χ1v) is 8.07. The quantitative estimate of drug-likeness (QED) is 0.379. The predicted octanol–water partition coefficient (Wildman–Crippen LogP) is 4.77. The van der Waals surface area contributed by atoms with Crippen LogP contribution in [-0.2, 0) is 0 Å². The highest BCUT2D eigenvalue weighted by atomic mass is 35.5. The fourth-order valence-electron chi connectivity index (χ4n) is 2.49. The summed E-state index contributed by atoms with van der Waals surface area (Å²) in [5, 5.41) is 0.608. The van der Waals surface area contributed by atoms with Crippen molar-refractivity contribution in [3.8, 4) is 11.5 Å². The molecule has 1 aromatic heterocycles. The van der Waals surface area contributed by atoms with Gasteiger partial charge in [-0.2, -0.15) is 0 Å². The molecule has 0 amide bonds. The molecule has 128 valence electrons. The van der Waals surface area contributed by atoms with Gasteiger partial charge in [0.2, 0.25) is 11.5 Å². The largest absolute Gasteiger partial charge is 0.457 e. The Morgan fingerprint density at radius 2 is 1.88 bits per heavy atom.